The van der Waals surface area contributed by atoms with Gasteiger partial charge >= 0.3 is 0 Å². The maximum atomic E-state index is 12.5. The Balaban J connectivity index is 1.53. The molecule has 8 nitrogen and oxygen atoms in total. The van der Waals surface area contributed by atoms with Crippen molar-refractivity contribution in [3.63, 3.8) is 0 Å². The molecule has 1 aromatic heterocycles. The summed E-state index contributed by atoms with van der Waals surface area (Å²) in [7, 11) is 0. The third-order valence-electron chi connectivity index (χ3n) is 3.96. The average Bonchev–Trinajstić information content (AvgIpc) is 3.18. The number of rotatable bonds is 8. The first-order valence-corrected chi connectivity index (χ1v) is 9.72. The molecule has 1 amide bonds. The number of unbranched alkanes of at least 4 members (excludes halogenated alkanes) is 1. The van der Waals surface area contributed by atoms with Crippen molar-refractivity contribution >= 4 is 29.2 Å². The molecule has 0 radical (unpaired) electrons. The summed E-state index contributed by atoms with van der Waals surface area (Å²) in [5.41, 5.74) is 1.48. The fourth-order valence-electron chi connectivity index (χ4n) is 2.46. The van der Waals surface area contributed by atoms with E-state index in [2.05, 4.69) is 33.0 Å². The van der Waals surface area contributed by atoms with Crippen LogP contribution >= 0.6 is 12.2 Å². The van der Waals surface area contributed by atoms with E-state index in [1.807, 2.05) is 30.3 Å². The highest BCUT2D eigenvalue weighted by atomic mass is 32.1. The monoisotopic (exact) mass is 410 g/mol. The first-order chi connectivity index (χ1) is 14.1. The molecule has 0 aliphatic carbocycles. The van der Waals surface area contributed by atoms with Crippen molar-refractivity contribution in [1.29, 1.82) is 0 Å². The van der Waals surface area contributed by atoms with E-state index in [1.165, 1.54) is 4.80 Å². The number of aromatic nitrogens is 4. The number of nitrogens with one attached hydrogen (secondary N) is 2. The van der Waals surface area contributed by atoms with E-state index in [1.54, 1.807) is 24.3 Å². The van der Waals surface area contributed by atoms with E-state index in [9.17, 15) is 4.79 Å². The van der Waals surface area contributed by atoms with Crippen molar-refractivity contribution in [2.75, 3.05) is 5.32 Å². The van der Waals surface area contributed by atoms with Crippen LogP contribution in [0.15, 0.2) is 54.6 Å². The first kappa shape index (κ1) is 20.4. The lowest BCUT2D eigenvalue weighted by Gasteiger charge is -2.09. The minimum absolute atomic E-state index is 0.0978. The van der Waals surface area contributed by atoms with Gasteiger partial charge in [0.1, 0.15) is 12.4 Å². The quantitative estimate of drug-likeness (QED) is 0.551. The average molecular weight is 411 g/mol. The Hall–Kier alpha value is -3.33. The molecule has 0 aliphatic rings. The Morgan fingerprint density at radius 1 is 1.17 bits per heavy atom. The van der Waals surface area contributed by atoms with Gasteiger partial charge in [0.15, 0.2) is 5.11 Å². The summed E-state index contributed by atoms with van der Waals surface area (Å²) < 4.78 is 5.76. The van der Waals surface area contributed by atoms with Crippen molar-refractivity contribution in [3.8, 4) is 5.75 Å². The number of aryl methyl sites for hydroxylation is 1. The van der Waals surface area contributed by atoms with E-state index in [4.69, 9.17) is 17.0 Å². The SMILES string of the molecule is CCCCn1nnc(NC(=S)NC(=O)c2cccc(OCc3ccccc3)c2)n1. The lowest BCUT2D eigenvalue weighted by atomic mass is 10.2. The minimum atomic E-state index is -0.356. The lowest BCUT2D eigenvalue weighted by Crippen LogP contribution is -2.34. The molecule has 0 bridgehead atoms. The predicted molar refractivity (Wildman–Crippen MR) is 114 cm³/mol. The van der Waals surface area contributed by atoms with Crippen LogP contribution in [0.2, 0.25) is 0 Å². The number of nitrogens with zero attached hydrogens (tertiary/aromatic N) is 4. The smallest absolute Gasteiger partial charge is 0.269 e. The van der Waals surface area contributed by atoms with Crippen LogP contribution in [-0.4, -0.2) is 31.2 Å². The molecule has 0 atom stereocenters. The summed E-state index contributed by atoms with van der Waals surface area (Å²) in [5, 5.41) is 17.4. The molecule has 1 heterocycles. The second kappa shape index (κ2) is 10.3. The maximum Gasteiger partial charge on any atom is 0.269 e. The van der Waals surface area contributed by atoms with Crippen LogP contribution < -0.4 is 15.4 Å². The number of benzene rings is 2. The zero-order valence-corrected chi connectivity index (χ0v) is 16.9. The molecule has 0 aliphatic heterocycles. The molecule has 150 valence electrons. The van der Waals surface area contributed by atoms with Crippen LogP contribution in [0.1, 0.15) is 35.7 Å². The van der Waals surface area contributed by atoms with Crippen molar-refractivity contribution in [1.82, 2.24) is 25.5 Å². The van der Waals surface area contributed by atoms with Gasteiger partial charge in [-0.15, -0.1) is 5.10 Å². The third kappa shape index (κ3) is 6.35. The van der Waals surface area contributed by atoms with E-state index in [0.717, 1.165) is 18.4 Å². The van der Waals surface area contributed by atoms with E-state index >= 15 is 0 Å². The summed E-state index contributed by atoms with van der Waals surface area (Å²) in [6.45, 7) is 3.19. The van der Waals surface area contributed by atoms with Gasteiger partial charge in [-0.2, -0.15) is 4.80 Å². The van der Waals surface area contributed by atoms with E-state index in [-0.39, 0.29) is 17.0 Å². The van der Waals surface area contributed by atoms with Gasteiger partial charge in [-0.3, -0.25) is 15.4 Å². The highest BCUT2D eigenvalue weighted by Gasteiger charge is 2.11. The highest BCUT2D eigenvalue weighted by molar-refractivity contribution is 7.80. The Morgan fingerprint density at radius 2 is 2.00 bits per heavy atom. The number of carbonyl (C=O) groups excluding carboxylic acids is 1. The summed E-state index contributed by atoms with van der Waals surface area (Å²) >= 11 is 5.17. The van der Waals surface area contributed by atoms with Crippen LogP contribution in [0.4, 0.5) is 5.95 Å². The van der Waals surface area contributed by atoms with Crippen LogP contribution in [0.5, 0.6) is 5.75 Å². The Morgan fingerprint density at radius 3 is 2.79 bits per heavy atom. The standard InChI is InChI=1S/C20H22N6O2S/c1-2-3-12-26-24-19(23-25-26)22-20(29)21-18(27)16-10-7-11-17(13-16)28-14-15-8-5-4-6-9-15/h4-11,13H,2-3,12,14H2,1H3,(H2,21,22,24,27,29). The van der Waals surface area contributed by atoms with E-state index < -0.39 is 0 Å². The number of ether oxygens (including phenoxy) is 1. The number of thiocarbonyl (C=S) groups is 1. The number of amides is 1. The second-order valence-corrected chi connectivity index (χ2v) is 6.68. The normalized spacial score (nSPS) is 10.4. The molecule has 2 aromatic carbocycles. The van der Waals surface area contributed by atoms with Gasteiger partial charge in [-0.25, -0.2) is 0 Å². The molecule has 2 N–H and O–H groups in total. The molecule has 0 saturated carbocycles. The second-order valence-electron chi connectivity index (χ2n) is 6.27. The van der Waals surface area contributed by atoms with Crippen LogP contribution in [0, 0.1) is 0 Å². The van der Waals surface area contributed by atoms with Gasteiger partial charge in [-0.1, -0.05) is 54.8 Å². The molecule has 0 saturated heterocycles. The molecule has 3 rings (SSSR count). The fourth-order valence-corrected chi connectivity index (χ4v) is 2.65. The molecular formula is C20H22N6O2S. The van der Waals surface area contributed by atoms with Crippen molar-refractivity contribution in [2.45, 2.75) is 32.9 Å². The van der Waals surface area contributed by atoms with Crippen molar-refractivity contribution in [2.24, 2.45) is 0 Å². The van der Waals surface area contributed by atoms with Crippen LogP contribution in [0.25, 0.3) is 0 Å². The summed E-state index contributed by atoms with van der Waals surface area (Å²) in [6, 6.07) is 16.7. The van der Waals surface area contributed by atoms with Gasteiger partial charge in [-0.05, 0) is 47.6 Å². The largest absolute Gasteiger partial charge is 0.489 e. The first-order valence-electron chi connectivity index (χ1n) is 9.31. The number of anilines is 1. The molecule has 9 heteroatoms. The van der Waals surface area contributed by atoms with Gasteiger partial charge in [0.05, 0.1) is 6.54 Å². The lowest BCUT2D eigenvalue weighted by molar-refractivity contribution is 0.0977. The highest BCUT2D eigenvalue weighted by Crippen LogP contribution is 2.15. The summed E-state index contributed by atoms with van der Waals surface area (Å²) in [5.74, 6) is 0.485. The predicted octanol–water partition coefficient (Wildman–Crippen LogP) is 3.18. The van der Waals surface area contributed by atoms with Gasteiger partial charge < -0.3 is 4.74 Å². The zero-order valence-electron chi connectivity index (χ0n) is 16.0. The molecule has 0 unspecified atom stereocenters. The van der Waals surface area contributed by atoms with Gasteiger partial charge in [0, 0.05) is 5.56 Å². The van der Waals surface area contributed by atoms with E-state index in [0.29, 0.717) is 24.5 Å². The fraction of sp³-hybridized carbons (Fsp3) is 0.250. The van der Waals surface area contributed by atoms with Gasteiger partial charge in [0.25, 0.3) is 11.9 Å². The molecule has 3 aromatic rings. The maximum absolute atomic E-state index is 12.5. The topological polar surface area (TPSA) is 94.0 Å². The number of hydrogen-bond donors (Lipinski definition) is 2. The Labute approximate surface area is 174 Å². The van der Waals surface area contributed by atoms with Crippen molar-refractivity contribution in [3.05, 3.63) is 65.7 Å². The number of carbonyl (C=O) groups is 1. The summed E-state index contributed by atoms with van der Waals surface area (Å²) in [4.78, 5) is 14.0. The Kier molecular flexibility index (Phi) is 7.23. The summed E-state index contributed by atoms with van der Waals surface area (Å²) in [6.07, 6.45) is 1.99. The van der Waals surface area contributed by atoms with Crippen LogP contribution in [-0.2, 0) is 13.2 Å². The third-order valence-corrected chi connectivity index (χ3v) is 4.17. The molecule has 0 spiro atoms. The molecule has 0 fully saturated rings. The van der Waals surface area contributed by atoms with Crippen molar-refractivity contribution < 1.29 is 9.53 Å². The zero-order chi connectivity index (χ0) is 20.5. The van der Waals surface area contributed by atoms with Crippen LogP contribution in [0.3, 0.4) is 0 Å². The number of hydrogen-bond acceptors (Lipinski definition) is 6. The molecular weight excluding hydrogens is 388 g/mol. The number of tetrazole rings is 1. The molecule has 29 heavy (non-hydrogen) atoms. The Bertz CT molecular complexity index is 960. The minimum Gasteiger partial charge on any atom is -0.489 e. The van der Waals surface area contributed by atoms with Gasteiger partial charge in [0.2, 0.25) is 0 Å².